The molecule has 0 aliphatic carbocycles. The average molecular weight is 292 g/mol. The summed E-state index contributed by atoms with van der Waals surface area (Å²) in [6.07, 6.45) is 2.91. The molecule has 0 fully saturated rings. The van der Waals surface area contributed by atoms with Gasteiger partial charge in [-0.15, -0.1) is 0 Å². The van der Waals surface area contributed by atoms with Crippen molar-refractivity contribution in [2.75, 3.05) is 0 Å². The second-order valence-electron chi connectivity index (χ2n) is 4.81. The number of esters is 1. The number of carbonyl (C=O) groups is 1. The van der Waals surface area contributed by atoms with Crippen molar-refractivity contribution < 1.29 is 13.9 Å². The van der Waals surface area contributed by atoms with Crippen LogP contribution in [0.25, 0.3) is 16.8 Å². The van der Waals surface area contributed by atoms with Crippen molar-refractivity contribution in [2.45, 2.75) is 0 Å². The molecule has 0 saturated carbocycles. The highest BCUT2D eigenvalue weighted by molar-refractivity contribution is 5.90. The minimum atomic E-state index is -0.473. The van der Waals surface area contributed by atoms with Gasteiger partial charge < -0.3 is 4.74 Å². The quantitative estimate of drug-likeness (QED) is 0.401. The van der Waals surface area contributed by atoms with Crippen LogP contribution in [0.2, 0.25) is 0 Å². The molecule has 3 aromatic carbocycles. The molecule has 2 nitrogen and oxygen atoms in total. The molecule has 0 radical (unpaired) electrons. The van der Waals surface area contributed by atoms with E-state index in [1.807, 2.05) is 36.4 Å². The molecule has 0 aliphatic heterocycles. The van der Waals surface area contributed by atoms with Gasteiger partial charge in [-0.1, -0.05) is 42.5 Å². The first-order chi connectivity index (χ1) is 10.7. The number of rotatable bonds is 3. The number of hydrogen-bond acceptors (Lipinski definition) is 2. The molecule has 0 spiro atoms. The maximum absolute atomic E-state index is 12.8. The standard InChI is InChI=1S/C19H13FO2/c20-17-9-5-14(6-10-17)7-12-19(21)22-18-11-8-15-3-1-2-4-16(15)13-18/h1-13H. The Morgan fingerprint density at radius 3 is 2.41 bits per heavy atom. The van der Waals surface area contributed by atoms with Gasteiger partial charge >= 0.3 is 5.97 Å². The van der Waals surface area contributed by atoms with Crippen LogP contribution in [-0.4, -0.2) is 5.97 Å². The van der Waals surface area contributed by atoms with Crippen molar-refractivity contribution in [3.05, 3.63) is 84.2 Å². The Bertz CT molecular complexity index is 835. The third-order valence-corrected chi connectivity index (χ3v) is 3.22. The van der Waals surface area contributed by atoms with Crippen molar-refractivity contribution >= 4 is 22.8 Å². The molecule has 3 heteroatoms. The average Bonchev–Trinajstić information content (AvgIpc) is 2.54. The summed E-state index contributed by atoms with van der Waals surface area (Å²) in [4.78, 5) is 11.8. The van der Waals surface area contributed by atoms with Crippen LogP contribution >= 0.6 is 0 Å². The molecule has 0 atom stereocenters. The molecule has 22 heavy (non-hydrogen) atoms. The maximum atomic E-state index is 12.8. The fraction of sp³-hybridized carbons (Fsp3) is 0. The van der Waals surface area contributed by atoms with Crippen LogP contribution in [0.4, 0.5) is 4.39 Å². The van der Waals surface area contributed by atoms with E-state index in [0.29, 0.717) is 5.75 Å². The van der Waals surface area contributed by atoms with Crippen LogP contribution in [0.5, 0.6) is 5.75 Å². The minimum absolute atomic E-state index is 0.309. The van der Waals surface area contributed by atoms with E-state index >= 15 is 0 Å². The zero-order valence-corrected chi connectivity index (χ0v) is 11.7. The van der Waals surface area contributed by atoms with Gasteiger partial charge in [0.15, 0.2) is 0 Å². The molecule has 0 saturated heterocycles. The predicted molar refractivity (Wildman–Crippen MR) is 85.0 cm³/mol. The summed E-state index contributed by atoms with van der Waals surface area (Å²) in [7, 11) is 0. The molecule has 0 amide bonds. The third kappa shape index (κ3) is 3.38. The van der Waals surface area contributed by atoms with E-state index in [1.165, 1.54) is 18.2 Å². The van der Waals surface area contributed by atoms with E-state index in [1.54, 1.807) is 24.3 Å². The summed E-state index contributed by atoms with van der Waals surface area (Å²) in [6, 6.07) is 19.2. The SMILES string of the molecule is O=C(C=Cc1ccc(F)cc1)Oc1ccc2ccccc2c1. The first-order valence-electron chi connectivity index (χ1n) is 6.85. The summed E-state index contributed by atoms with van der Waals surface area (Å²) in [5, 5.41) is 2.10. The van der Waals surface area contributed by atoms with Crippen LogP contribution in [0, 0.1) is 5.82 Å². The highest BCUT2D eigenvalue weighted by atomic mass is 19.1. The summed E-state index contributed by atoms with van der Waals surface area (Å²) in [5.74, 6) is -0.289. The number of benzene rings is 3. The normalized spacial score (nSPS) is 11.0. The highest BCUT2D eigenvalue weighted by Crippen LogP contribution is 2.20. The Balaban J connectivity index is 1.71. The van der Waals surface area contributed by atoms with Crippen molar-refractivity contribution in [3.63, 3.8) is 0 Å². The topological polar surface area (TPSA) is 26.3 Å². The number of ether oxygens (including phenoxy) is 1. The van der Waals surface area contributed by atoms with Gasteiger partial charge in [0.1, 0.15) is 11.6 Å². The molecule has 108 valence electrons. The van der Waals surface area contributed by atoms with Gasteiger partial charge in [0.2, 0.25) is 0 Å². The molecule has 0 heterocycles. The molecule has 0 bridgehead atoms. The van der Waals surface area contributed by atoms with Gasteiger partial charge in [-0.2, -0.15) is 0 Å². The van der Waals surface area contributed by atoms with Crippen LogP contribution < -0.4 is 4.74 Å². The number of carbonyl (C=O) groups excluding carboxylic acids is 1. The molecule has 0 aliphatic rings. The summed E-state index contributed by atoms with van der Waals surface area (Å²) in [5.41, 5.74) is 0.733. The van der Waals surface area contributed by atoms with Crippen molar-refractivity contribution in [1.82, 2.24) is 0 Å². The Labute approximate surface area is 127 Å². The van der Waals surface area contributed by atoms with E-state index in [2.05, 4.69) is 0 Å². The lowest BCUT2D eigenvalue weighted by Gasteiger charge is -2.03. The lowest BCUT2D eigenvalue weighted by Crippen LogP contribution is -2.03. The zero-order chi connectivity index (χ0) is 15.4. The molecule has 3 rings (SSSR count). The van der Waals surface area contributed by atoms with Crippen LogP contribution in [-0.2, 0) is 4.79 Å². The van der Waals surface area contributed by atoms with E-state index in [9.17, 15) is 9.18 Å². The first-order valence-corrected chi connectivity index (χ1v) is 6.85. The molecular formula is C19H13FO2. The number of halogens is 1. The lowest BCUT2D eigenvalue weighted by atomic mass is 10.1. The summed E-state index contributed by atoms with van der Waals surface area (Å²) < 4.78 is 18.1. The first kappa shape index (κ1) is 14.0. The van der Waals surface area contributed by atoms with Gasteiger partial charge in [-0.3, -0.25) is 0 Å². The van der Waals surface area contributed by atoms with E-state index in [-0.39, 0.29) is 5.82 Å². The highest BCUT2D eigenvalue weighted by Gasteiger charge is 2.02. The summed E-state index contributed by atoms with van der Waals surface area (Å²) in [6.45, 7) is 0. The Kier molecular flexibility index (Phi) is 3.97. The van der Waals surface area contributed by atoms with Gasteiger partial charge in [-0.25, -0.2) is 9.18 Å². The zero-order valence-electron chi connectivity index (χ0n) is 11.7. The number of hydrogen-bond donors (Lipinski definition) is 0. The van der Waals surface area contributed by atoms with Gasteiger partial charge in [-0.05, 0) is 46.7 Å². The fourth-order valence-corrected chi connectivity index (χ4v) is 2.12. The largest absolute Gasteiger partial charge is 0.423 e. The Morgan fingerprint density at radius 1 is 0.909 bits per heavy atom. The molecule has 0 N–H and O–H groups in total. The van der Waals surface area contributed by atoms with Crippen LogP contribution in [0.15, 0.2) is 72.8 Å². The second kappa shape index (κ2) is 6.22. The third-order valence-electron chi connectivity index (χ3n) is 3.22. The summed E-state index contributed by atoms with van der Waals surface area (Å²) >= 11 is 0. The molecule has 3 aromatic rings. The molecular weight excluding hydrogens is 279 g/mol. The Morgan fingerprint density at radius 2 is 1.64 bits per heavy atom. The van der Waals surface area contributed by atoms with Crippen molar-refractivity contribution in [2.24, 2.45) is 0 Å². The molecule has 0 aromatic heterocycles. The van der Waals surface area contributed by atoms with Gasteiger partial charge in [0.05, 0.1) is 0 Å². The second-order valence-corrected chi connectivity index (χ2v) is 4.81. The van der Waals surface area contributed by atoms with Crippen LogP contribution in [0.1, 0.15) is 5.56 Å². The van der Waals surface area contributed by atoms with Crippen molar-refractivity contribution in [1.29, 1.82) is 0 Å². The van der Waals surface area contributed by atoms with Crippen LogP contribution in [0.3, 0.4) is 0 Å². The van der Waals surface area contributed by atoms with Gasteiger partial charge in [0, 0.05) is 6.08 Å². The minimum Gasteiger partial charge on any atom is -0.423 e. The maximum Gasteiger partial charge on any atom is 0.336 e. The Hall–Kier alpha value is -2.94. The fourth-order valence-electron chi connectivity index (χ4n) is 2.12. The monoisotopic (exact) mass is 292 g/mol. The number of fused-ring (bicyclic) bond motifs is 1. The van der Waals surface area contributed by atoms with Crippen molar-refractivity contribution in [3.8, 4) is 5.75 Å². The lowest BCUT2D eigenvalue weighted by molar-refractivity contribution is -0.128. The smallest absolute Gasteiger partial charge is 0.336 e. The van der Waals surface area contributed by atoms with E-state index < -0.39 is 5.97 Å². The van der Waals surface area contributed by atoms with E-state index in [4.69, 9.17) is 4.74 Å². The van der Waals surface area contributed by atoms with E-state index in [0.717, 1.165) is 16.3 Å². The van der Waals surface area contributed by atoms with Gasteiger partial charge in [0.25, 0.3) is 0 Å². The predicted octanol–water partition coefficient (Wildman–Crippen LogP) is 4.60. The molecule has 0 unspecified atom stereocenters.